The van der Waals surface area contributed by atoms with Gasteiger partial charge in [-0.25, -0.2) is 0 Å². The van der Waals surface area contributed by atoms with E-state index in [9.17, 15) is 4.79 Å². The fourth-order valence-electron chi connectivity index (χ4n) is 3.18. The third-order valence-electron chi connectivity index (χ3n) is 4.04. The molecule has 98 valence electrons. The summed E-state index contributed by atoms with van der Waals surface area (Å²) in [7, 11) is 0. The molecule has 0 amide bonds. The van der Waals surface area contributed by atoms with Crippen LogP contribution in [0.25, 0.3) is 0 Å². The van der Waals surface area contributed by atoms with Gasteiger partial charge in [-0.3, -0.25) is 4.79 Å². The maximum atomic E-state index is 10.5. The van der Waals surface area contributed by atoms with Gasteiger partial charge >= 0.3 is 5.97 Å². The van der Waals surface area contributed by atoms with Gasteiger partial charge in [0.2, 0.25) is 0 Å². The van der Waals surface area contributed by atoms with Gasteiger partial charge in [-0.15, -0.1) is 0 Å². The molecule has 2 N–H and O–H groups in total. The molecule has 0 bridgehead atoms. The highest BCUT2D eigenvalue weighted by molar-refractivity contribution is 5.69. The van der Waals surface area contributed by atoms with Gasteiger partial charge in [0, 0.05) is 19.1 Å². The summed E-state index contributed by atoms with van der Waals surface area (Å²) in [6, 6.07) is 0.376. The first-order valence-corrected chi connectivity index (χ1v) is 6.91. The molecular formula is C13H24N2O2. The molecule has 1 unspecified atom stereocenters. The number of carbonyl (C=O) groups is 1. The first-order chi connectivity index (χ1) is 8.24. The number of rotatable bonds is 5. The molecule has 17 heavy (non-hydrogen) atoms. The molecule has 2 aliphatic rings. The lowest BCUT2D eigenvalue weighted by Crippen LogP contribution is -2.48. The van der Waals surface area contributed by atoms with Crippen LogP contribution >= 0.6 is 0 Å². The van der Waals surface area contributed by atoms with Crippen LogP contribution in [-0.4, -0.2) is 48.2 Å². The van der Waals surface area contributed by atoms with Crippen molar-refractivity contribution < 1.29 is 9.90 Å². The number of hydrogen-bond acceptors (Lipinski definition) is 3. The number of aliphatic carboxylic acids is 1. The van der Waals surface area contributed by atoms with Crippen molar-refractivity contribution in [2.75, 3.05) is 26.2 Å². The molecule has 1 saturated carbocycles. The van der Waals surface area contributed by atoms with Gasteiger partial charge in [-0.1, -0.05) is 12.8 Å². The number of piperidine rings is 1. The van der Waals surface area contributed by atoms with E-state index in [1.165, 1.54) is 45.2 Å². The molecule has 0 aromatic carbocycles. The monoisotopic (exact) mass is 240 g/mol. The van der Waals surface area contributed by atoms with Crippen LogP contribution in [0.2, 0.25) is 0 Å². The zero-order valence-electron chi connectivity index (χ0n) is 10.5. The lowest BCUT2D eigenvalue weighted by molar-refractivity contribution is -0.136. The van der Waals surface area contributed by atoms with E-state index < -0.39 is 5.97 Å². The number of carboxylic acids is 1. The smallest absolute Gasteiger partial charge is 0.317 e. The highest BCUT2D eigenvalue weighted by Gasteiger charge is 2.23. The van der Waals surface area contributed by atoms with Crippen molar-refractivity contribution in [1.29, 1.82) is 0 Å². The normalized spacial score (nSPS) is 27.4. The second-order valence-corrected chi connectivity index (χ2v) is 5.52. The summed E-state index contributed by atoms with van der Waals surface area (Å²) in [4.78, 5) is 13.1. The zero-order chi connectivity index (χ0) is 12.1. The van der Waals surface area contributed by atoms with Gasteiger partial charge in [0.05, 0.1) is 6.54 Å². The topological polar surface area (TPSA) is 52.6 Å². The standard InChI is InChI=1S/C13H24N2O2/c16-13(17)8-14-12-6-3-7-15(10-12)9-11-4-1-2-5-11/h11-12,14H,1-10H2,(H,16,17). The van der Waals surface area contributed by atoms with Crippen LogP contribution in [0.15, 0.2) is 0 Å². The molecule has 1 aliphatic carbocycles. The average Bonchev–Trinajstić information content (AvgIpc) is 2.80. The summed E-state index contributed by atoms with van der Waals surface area (Å²) >= 11 is 0. The molecule has 0 spiro atoms. The Kier molecular flexibility index (Phi) is 4.80. The maximum absolute atomic E-state index is 10.5. The van der Waals surface area contributed by atoms with Gasteiger partial charge < -0.3 is 15.3 Å². The Labute approximate surface area is 103 Å². The highest BCUT2D eigenvalue weighted by Crippen LogP contribution is 2.26. The molecule has 0 aromatic rings. The Balaban J connectivity index is 1.70. The number of carboxylic acid groups (broad SMARTS) is 1. The minimum absolute atomic E-state index is 0.0991. The molecule has 1 atom stereocenters. The van der Waals surface area contributed by atoms with E-state index in [1.54, 1.807) is 0 Å². The van der Waals surface area contributed by atoms with Crippen molar-refractivity contribution in [2.24, 2.45) is 5.92 Å². The Morgan fingerprint density at radius 3 is 2.71 bits per heavy atom. The van der Waals surface area contributed by atoms with Crippen molar-refractivity contribution in [1.82, 2.24) is 10.2 Å². The van der Waals surface area contributed by atoms with Gasteiger partial charge in [0.15, 0.2) is 0 Å². The predicted molar refractivity (Wildman–Crippen MR) is 67.1 cm³/mol. The number of nitrogens with one attached hydrogen (secondary N) is 1. The van der Waals surface area contributed by atoms with Gasteiger partial charge in [0.1, 0.15) is 0 Å². The van der Waals surface area contributed by atoms with Gasteiger partial charge in [-0.2, -0.15) is 0 Å². The van der Waals surface area contributed by atoms with E-state index >= 15 is 0 Å². The Morgan fingerprint density at radius 2 is 2.00 bits per heavy atom. The number of hydrogen-bond donors (Lipinski definition) is 2. The van der Waals surface area contributed by atoms with Crippen LogP contribution in [0.4, 0.5) is 0 Å². The summed E-state index contributed by atoms with van der Waals surface area (Å²) in [5.74, 6) is 0.145. The predicted octanol–water partition coefficient (Wildman–Crippen LogP) is 1.32. The quantitative estimate of drug-likeness (QED) is 0.761. The summed E-state index contributed by atoms with van der Waals surface area (Å²) in [5, 5.41) is 11.8. The SMILES string of the molecule is O=C(O)CNC1CCCN(CC2CCCC2)C1. The fraction of sp³-hybridized carbons (Fsp3) is 0.923. The Hall–Kier alpha value is -0.610. The van der Waals surface area contributed by atoms with E-state index in [-0.39, 0.29) is 6.54 Å². The molecule has 0 radical (unpaired) electrons. The molecule has 4 nitrogen and oxygen atoms in total. The van der Waals surface area contributed by atoms with E-state index in [2.05, 4.69) is 10.2 Å². The zero-order valence-corrected chi connectivity index (χ0v) is 10.5. The first-order valence-electron chi connectivity index (χ1n) is 6.91. The second-order valence-electron chi connectivity index (χ2n) is 5.52. The molecule has 1 heterocycles. The molecule has 2 fully saturated rings. The van der Waals surface area contributed by atoms with Crippen LogP contribution in [0.1, 0.15) is 38.5 Å². The van der Waals surface area contributed by atoms with Crippen molar-refractivity contribution in [3.05, 3.63) is 0 Å². The number of likely N-dealkylation sites (tertiary alicyclic amines) is 1. The van der Waals surface area contributed by atoms with E-state index in [1.807, 2.05) is 0 Å². The first kappa shape index (κ1) is 12.8. The minimum Gasteiger partial charge on any atom is -0.480 e. The third kappa shape index (κ3) is 4.28. The highest BCUT2D eigenvalue weighted by atomic mass is 16.4. The molecule has 0 aromatic heterocycles. The van der Waals surface area contributed by atoms with Crippen LogP contribution < -0.4 is 5.32 Å². The van der Waals surface area contributed by atoms with Crippen molar-refractivity contribution in [3.8, 4) is 0 Å². The molecule has 1 aliphatic heterocycles. The van der Waals surface area contributed by atoms with E-state index in [4.69, 9.17) is 5.11 Å². The number of nitrogens with zero attached hydrogens (tertiary/aromatic N) is 1. The lowest BCUT2D eigenvalue weighted by Gasteiger charge is -2.34. The lowest BCUT2D eigenvalue weighted by atomic mass is 10.0. The summed E-state index contributed by atoms with van der Waals surface area (Å²) in [5.41, 5.74) is 0. The summed E-state index contributed by atoms with van der Waals surface area (Å²) < 4.78 is 0. The van der Waals surface area contributed by atoms with Crippen molar-refractivity contribution in [2.45, 2.75) is 44.6 Å². The fourth-order valence-corrected chi connectivity index (χ4v) is 3.18. The molecule has 4 heteroatoms. The van der Waals surface area contributed by atoms with E-state index in [0.717, 1.165) is 18.9 Å². The van der Waals surface area contributed by atoms with Crippen LogP contribution in [0.3, 0.4) is 0 Å². The molecule has 2 rings (SSSR count). The molecule has 1 saturated heterocycles. The summed E-state index contributed by atoms with van der Waals surface area (Å²) in [6.45, 7) is 3.55. The summed E-state index contributed by atoms with van der Waals surface area (Å²) in [6.07, 6.45) is 7.91. The largest absolute Gasteiger partial charge is 0.480 e. The van der Waals surface area contributed by atoms with Crippen molar-refractivity contribution >= 4 is 5.97 Å². The second kappa shape index (κ2) is 6.36. The van der Waals surface area contributed by atoms with Crippen molar-refractivity contribution in [3.63, 3.8) is 0 Å². The van der Waals surface area contributed by atoms with Gasteiger partial charge in [-0.05, 0) is 38.1 Å². The maximum Gasteiger partial charge on any atom is 0.317 e. The average molecular weight is 240 g/mol. The Morgan fingerprint density at radius 1 is 1.24 bits per heavy atom. The third-order valence-corrected chi connectivity index (χ3v) is 4.04. The van der Waals surface area contributed by atoms with Crippen LogP contribution in [0.5, 0.6) is 0 Å². The van der Waals surface area contributed by atoms with Crippen LogP contribution in [0, 0.1) is 5.92 Å². The van der Waals surface area contributed by atoms with Gasteiger partial charge in [0.25, 0.3) is 0 Å². The minimum atomic E-state index is -0.752. The van der Waals surface area contributed by atoms with E-state index in [0.29, 0.717) is 6.04 Å². The molecular weight excluding hydrogens is 216 g/mol. The van der Waals surface area contributed by atoms with Crippen LogP contribution in [-0.2, 0) is 4.79 Å². The Bertz CT molecular complexity index is 252.